The monoisotopic (exact) mass is 244 g/mol. The summed E-state index contributed by atoms with van der Waals surface area (Å²) in [6.45, 7) is 0.497. The second-order valence-electron chi connectivity index (χ2n) is 3.92. The van der Waals surface area contributed by atoms with Gasteiger partial charge < -0.3 is 14.6 Å². The van der Waals surface area contributed by atoms with Crippen LogP contribution in [-0.2, 0) is 13.2 Å². The summed E-state index contributed by atoms with van der Waals surface area (Å²) in [6, 6.07) is 15.2. The van der Waals surface area contributed by atoms with E-state index < -0.39 is 0 Å². The van der Waals surface area contributed by atoms with E-state index in [1.165, 1.54) is 0 Å². The van der Waals surface area contributed by atoms with Crippen molar-refractivity contribution in [1.29, 1.82) is 0 Å². The van der Waals surface area contributed by atoms with Crippen LogP contribution in [0.15, 0.2) is 48.5 Å². The van der Waals surface area contributed by atoms with Crippen molar-refractivity contribution in [3.8, 4) is 11.5 Å². The minimum atomic E-state index is 0.0441. The van der Waals surface area contributed by atoms with Crippen molar-refractivity contribution in [2.45, 2.75) is 13.2 Å². The third-order valence-electron chi connectivity index (χ3n) is 2.64. The Kier molecular flexibility index (Phi) is 4.20. The van der Waals surface area contributed by atoms with Crippen LogP contribution in [0, 0.1) is 0 Å². The zero-order valence-corrected chi connectivity index (χ0v) is 10.3. The van der Waals surface area contributed by atoms with Crippen LogP contribution in [0.4, 0.5) is 0 Å². The number of hydrogen-bond donors (Lipinski definition) is 1. The Hall–Kier alpha value is -2.00. The molecule has 1 N–H and O–H groups in total. The first kappa shape index (κ1) is 12.5. The van der Waals surface area contributed by atoms with Gasteiger partial charge in [-0.3, -0.25) is 0 Å². The first-order chi connectivity index (χ1) is 8.83. The molecule has 0 fully saturated rings. The maximum absolute atomic E-state index is 9.07. The molecule has 18 heavy (non-hydrogen) atoms. The van der Waals surface area contributed by atoms with Gasteiger partial charge in [0, 0.05) is 0 Å². The van der Waals surface area contributed by atoms with E-state index in [2.05, 4.69) is 0 Å². The van der Waals surface area contributed by atoms with E-state index in [1.807, 2.05) is 48.5 Å². The minimum absolute atomic E-state index is 0.0441. The van der Waals surface area contributed by atoms with Gasteiger partial charge >= 0.3 is 0 Å². The van der Waals surface area contributed by atoms with Crippen molar-refractivity contribution in [1.82, 2.24) is 0 Å². The fourth-order valence-corrected chi connectivity index (χ4v) is 1.72. The van der Waals surface area contributed by atoms with Crippen LogP contribution in [0.5, 0.6) is 11.5 Å². The molecular formula is C15H16O3. The van der Waals surface area contributed by atoms with Crippen molar-refractivity contribution in [2.75, 3.05) is 7.11 Å². The van der Waals surface area contributed by atoms with Crippen molar-refractivity contribution in [3.05, 3.63) is 59.7 Å². The van der Waals surface area contributed by atoms with Gasteiger partial charge in [0.25, 0.3) is 0 Å². The molecule has 0 saturated carbocycles. The third-order valence-corrected chi connectivity index (χ3v) is 2.64. The maximum Gasteiger partial charge on any atom is 0.161 e. The lowest BCUT2D eigenvalue weighted by molar-refractivity contribution is 0.277. The molecule has 0 aliphatic heterocycles. The molecule has 0 saturated heterocycles. The fourth-order valence-electron chi connectivity index (χ4n) is 1.72. The second-order valence-corrected chi connectivity index (χ2v) is 3.92. The van der Waals surface area contributed by atoms with E-state index in [-0.39, 0.29) is 6.61 Å². The molecule has 0 atom stereocenters. The lowest BCUT2D eigenvalue weighted by Gasteiger charge is -2.10. The van der Waals surface area contributed by atoms with Crippen molar-refractivity contribution in [2.24, 2.45) is 0 Å². The molecule has 0 aliphatic carbocycles. The number of aliphatic hydroxyl groups is 1. The number of rotatable bonds is 5. The molecular weight excluding hydrogens is 228 g/mol. The molecule has 2 rings (SSSR count). The molecule has 0 aliphatic rings. The van der Waals surface area contributed by atoms with Gasteiger partial charge in [0.1, 0.15) is 6.61 Å². The van der Waals surface area contributed by atoms with Gasteiger partial charge in [0.05, 0.1) is 13.7 Å². The first-order valence-electron chi connectivity index (χ1n) is 5.78. The average molecular weight is 244 g/mol. The fraction of sp³-hybridized carbons (Fsp3) is 0.200. The van der Waals surface area contributed by atoms with Crippen LogP contribution in [-0.4, -0.2) is 12.2 Å². The summed E-state index contributed by atoms with van der Waals surface area (Å²) < 4.78 is 10.9. The number of hydrogen-bond acceptors (Lipinski definition) is 3. The molecule has 94 valence electrons. The molecule has 2 aromatic carbocycles. The van der Waals surface area contributed by atoms with E-state index in [9.17, 15) is 0 Å². The lowest BCUT2D eigenvalue weighted by atomic mass is 10.1. The van der Waals surface area contributed by atoms with Gasteiger partial charge in [-0.15, -0.1) is 0 Å². The van der Waals surface area contributed by atoms with Gasteiger partial charge in [-0.05, 0) is 23.3 Å². The van der Waals surface area contributed by atoms with Crippen LogP contribution in [0.1, 0.15) is 11.1 Å². The van der Waals surface area contributed by atoms with Crippen LogP contribution < -0.4 is 9.47 Å². The number of benzene rings is 2. The topological polar surface area (TPSA) is 38.7 Å². The molecule has 3 nitrogen and oxygen atoms in total. The van der Waals surface area contributed by atoms with E-state index in [0.29, 0.717) is 6.61 Å². The molecule has 3 heteroatoms. The molecule has 0 spiro atoms. The zero-order chi connectivity index (χ0) is 12.8. The third kappa shape index (κ3) is 3.02. The Morgan fingerprint density at radius 2 is 1.67 bits per heavy atom. The maximum atomic E-state index is 9.07. The first-order valence-corrected chi connectivity index (χ1v) is 5.78. The van der Waals surface area contributed by atoms with Gasteiger partial charge in [0.15, 0.2) is 11.5 Å². The highest BCUT2D eigenvalue weighted by Crippen LogP contribution is 2.26. The van der Waals surface area contributed by atoms with Crippen LogP contribution in [0.2, 0.25) is 0 Å². The lowest BCUT2D eigenvalue weighted by Crippen LogP contribution is -1.98. The minimum Gasteiger partial charge on any atom is -0.493 e. The van der Waals surface area contributed by atoms with Crippen LogP contribution in [0.3, 0.4) is 0 Å². The average Bonchev–Trinajstić information content (AvgIpc) is 2.45. The second kappa shape index (κ2) is 6.07. The Labute approximate surface area is 107 Å². The SMILES string of the molecule is COc1ccccc1OCc1cccc(CO)c1. The predicted octanol–water partition coefficient (Wildman–Crippen LogP) is 2.77. The van der Waals surface area contributed by atoms with Crippen molar-refractivity contribution >= 4 is 0 Å². The summed E-state index contributed by atoms with van der Waals surface area (Å²) in [5.41, 5.74) is 1.91. The summed E-state index contributed by atoms with van der Waals surface area (Å²) in [6.07, 6.45) is 0. The molecule has 0 heterocycles. The Morgan fingerprint density at radius 1 is 0.944 bits per heavy atom. The van der Waals surface area contributed by atoms with Crippen molar-refractivity contribution < 1.29 is 14.6 Å². The Morgan fingerprint density at radius 3 is 2.39 bits per heavy atom. The zero-order valence-electron chi connectivity index (χ0n) is 10.3. The van der Waals surface area contributed by atoms with Crippen molar-refractivity contribution in [3.63, 3.8) is 0 Å². The molecule has 2 aromatic rings. The Balaban J connectivity index is 2.06. The molecule has 0 unspecified atom stereocenters. The van der Waals surface area contributed by atoms with Gasteiger partial charge in [-0.2, -0.15) is 0 Å². The Bertz CT molecular complexity index is 509. The van der Waals surface area contributed by atoms with Gasteiger partial charge in [-0.1, -0.05) is 36.4 Å². The normalized spacial score (nSPS) is 10.1. The summed E-state index contributed by atoms with van der Waals surface area (Å²) in [7, 11) is 1.62. The molecule has 0 amide bonds. The quantitative estimate of drug-likeness (QED) is 0.879. The highest BCUT2D eigenvalue weighted by Gasteiger charge is 2.03. The van der Waals surface area contributed by atoms with Crippen LogP contribution >= 0.6 is 0 Å². The van der Waals surface area contributed by atoms with E-state index in [1.54, 1.807) is 7.11 Å². The molecule has 0 bridgehead atoms. The highest BCUT2D eigenvalue weighted by atomic mass is 16.5. The summed E-state index contributed by atoms with van der Waals surface area (Å²) in [5, 5.41) is 9.07. The molecule has 0 aromatic heterocycles. The van der Waals surface area contributed by atoms with E-state index >= 15 is 0 Å². The number of aliphatic hydroxyl groups excluding tert-OH is 1. The largest absolute Gasteiger partial charge is 0.493 e. The highest BCUT2D eigenvalue weighted by molar-refractivity contribution is 5.39. The van der Waals surface area contributed by atoms with E-state index in [4.69, 9.17) is 14.6 Å². The summed E-state index contributed by atoms with van der Waals surface area (Å²) >= 11 is 0. The number of methoxy groups -OCH3 is 1. The van der Waals surface area contributed by atoms with Gasteiger partial charge in [0.2, 0.25) is 0 Å². The summed E-state index contributed by atoms with van der Waals surface area (Å²) in [5.74, 6) is 1.44. The predicted molar refractivity (Wildman–Crippen MR) is 69.7 cm³/mol. The molecule has 0 radical (unpaired) electrons. The van der Waals surface area contributed by atoms with Crippen LogP contribution in [0.25, 0.3) is 0 Å². The number of para-hydroxylation sites is 2. The summed E-state index contributed by atoms with van der Waals surface area (Å²) in [4.78, 5) is 0. The number of ether oxygens (including phenoxy) is 2. The smallest absolute Gasteiger partial charge is 0.161 e. The standard InChI is InChI=1S/C15H16O3/c1-17-14-7-2-3-8-15(14)18-11-13-6-4-5-12(9-13)10-16/h2-9,16H,10-11H2,1H3. The van der Waals surface area contributed by atoms with E-state index in [0.717, 1.165) is 22.6 Å². The van der Waals surface area contributed by atoms with Gasteiger partial charge in [-0.25, -0.2) is 0 Å².